The molecule has 5 rings (SSSR count). The first-order valence-corrected chi connectivity index (χ1v) is 9.32. The van der Waals surface area contributed by atoms with Crippen molar-refractivity contribution in [1.29, 1.82) is 0 Å². The highest BCUT2D eigenvalue weighted by Crippen LogP contribution is 2.55. The predicted molar refractivity (Wildman–Crippen MR) is 94.3 cm³/mol. The van der Waals surface area contributed by atoms with Gasteiger partial charge in [0, 0.05) is 0 Å². The van der Waals surface area contributed by atoms with Crippen molar-refractivity contribution in [2.24, 2.45) is 11.8 Å². The van der Waals surface area contributed by atoms with Gasteiger partial charge in [-0.3, -0.25) is 9.59 Å². The molecule has 146 valence electrons. The second-order valence-electron chi connectivity index (χ2n) is 7.15. The number of imide groups is 1. The van der Waals surface area contributed by atoms with E-state index >= 15 is 0 Å². The summed E-state index contributed by atoms with van der Waals surface area (Å²) in [6.07, 6.45) is 2.43. The molecule has 0 N–H and O–H groups in total. The number of rotatable bonds is 4. The lowest BCUT2D eigenvalue weighted by Gasteiger charge is -2.32. The molecule has 3 saturated heterocycles. The molecule has 28 heavy (non-hydrogen) atoms. The SMILES string of the molecule is CCOC(=O)c1ccc(N2C(=O)[C@@H]3[C@H]4C=C[C@@](C5OCCO5)(O4)[C@H]3C2=O)cc1. The molecule has 1 aromatic rings. The summed E-state index contributed by atoms with van der Waals surface area (Å²) < 4.78 is 22.2. The molecule has 4 atom stereocenters. The second kappa shape index (κ2) is 6.23. The summed E-state index contributed by atoms with van der Waals surface area (Å²) in [5.74, 6) is -2.40. The quantitative estimate of drug-likeness (QED) is 0.435. The highest BCUT2D eigenvalue weighted by atomic mass is 16.7. The molecule has 0 spiro atoms. The Morgan fingerprint density at radius 3 is 2.57 bits per heavy atom. The summed E-state index contributed by atoms with van der Waals surface area (Å²) in [5.41, 5.74) is -0.294. The Labute approximate surface area is 161 Å². The number of amides is 2. The van der Waals surface area contributed by atoms with Crippen LogP contribution in [-0.2, 0) is 28.5 Å². The molecule has 2 bridgehead atoms. The fourth-order valence-corrected chi connectivity index (χ4v) is 4.54. The monoisotopic (exact) mass is 385 g/mol. The lowest BCUT2D eigenvalue weighted by molar-refractivity contribution is -0.180. The van der Waals surface area contributed by atoms with E-state index < -0.39 is 35.8 Å². The maximum Gasteiger partial charge on any atom is 0.338 e. The summed E-state index contributed by atoms with van der Waals surface area (Å²) in [6.45, 7) is 2.85. The van der Waals surface area contributed by atoms with Gasteiger partial charge < -0.3 is 18.9 Å². The molecule has 2 amide bonds. The van der Waals surface area contributed by atoms with Crippen LogP contribution in [0, 0.1) is 11.8 Å². The van der Waals surface area contributed by atoms with E-state index in [4.69, 9.17) is 18.9 Å². The number of esters is 1. The molecule has 0 aromatic heterocycles. The average Bonchev–Trinajstić information content (AvgIpc) is 3.46. The zero-order valence-corrected chi connectivity index (χ0v) is 15.2. The van der Waals surface area contributed by atoms with Gasteiger partial charge in [0.1, 0.15) is 0 Å². The summed E-state index contributed by atoms with van der Waals surface area (Å²) >= 11 is 0. The summed E-state index contributed by atoms with van der Waals surface area (Å²) in [7, 11) is 0. The second-order valence-corrected chi connectivity index (χ2v) is 7.15. The lowest BCUT2D eigenvalue weighted by atomic mass is 9.76. The van der Waals surface area contributed by atoms with Crippen molar-refractivity contribution in [3.8, 4) is 0 Å². The molecule has 0 saturated carbocycles. The maximum absolute atomic E-state index is 13.3. The van der Waals surface area contributed by atoms with E-state index in [1.54, 1.807) is 37.3 Å². The number of carbonyl (C=O) groups excluding carboxylic acids is 3. The third kappa shape index (κ3) is 2.25. The van der Waals surface area contributed by atoms with Crippen LogP contribution in [0.5, 0.6) is 0 Å². The standard InChI is InChI=1S/C20H19NO7/c1-2-25-18(24)11-3-5-12(6-4-11)21-16(22)14-13-7-8-20(28-13,15(14)17(21)23)19-26-9-10-27-19/h3-8,13-15,19H,2,9-10H2,1H3/t13-,14-,15-,20-/m1/s1. The minimum atomic E-state index is -1.07. The van der Waals surface area contributed by atoms with E-state index in [1.165, 1.54) is 4.90 Å². The minimum absolute atomic E-state index is 0.273. The van der Waals surface area contributed by atoms with Crippen LogP contribution in [0.3, 0.4) is 0 Å². The van der Waals surface area contributed by atoms with E-state index in [1.807, 2.05) is 6.08 Å². The van der Waals surface area contributed by atoms with Gasteiger partial charge in [-0.15, -0.1) is 0 Å². The van der Waals surface area contributed by atoms with E-state index in [0.717, 1.165) is 0 Å². The van der Waals surface area contributed by atoms with Gasteiger partial charge in [0.25, 0.3) is 0 Å². The van der Waals surface area contributed by atoms with Crippen molar-refractivity contribution in [2.45, 2.75) is 24.9 Å². The predicted octanol–water partition coefficient (Wildman–Crippen LogP) is 1.05. The summed E-state index contributed by atoms with van der Waals surface area (Å²) in [5, 5.41) is 0. The molecule has 1 aromatic carbocycles. The normalized spacial score (nSPS) is 33.8. The number of hydrogen-bond donors (Lipinski definition) is 0. The first-order valence-electron chi connectivity index (χ1n) is 9.32. The molecule has 4 aliphatic heterocycles. The van der Waals surface area contributed by atoms with Crippen LogP contribution in [0.1, 0.15) is 17.3 Å². The third-order valence-electron chi connectivity index (χ3n) is 5.70. The van der Waals surface area contributed by atoms with Crippen molar-refractivity contribution < 1.29 is 33.3 Å². The van der Waals surface area contributed by atoms with Gasteiger partial charge in [-0.2, -0.15) is 0 Å². The summed E-state index contributed by atoms with van der Waals surface area (Å²) in [6, 6.07) is 6.25. The number of fused-ring (bicyclic) bond motifs is 5. The van der Waals surface area contributed by atoms with Crippen LogP contribution in [0.15, 0.2) is 36.4 Å². The number of ether oxygens (including phenoxy) is 4. The van der Waals surface area contributed by atoms with Gasteiger partial charge in [-0.25, -0.2) is 9.69 Å². The van der Waals surface area contributed by atoms with Gasteiger partial charge in [0.05, 0.1) is 49.0 Å². The number of nitrogens with zero attached hydrogens (tertiary/aromatic N) is 1. The Balaban J connectivity index is 1.45. The molecular formula is C20H19NO7. The molecule has 8 heteroatoms. The Kier molecular flexibility index (Phi) is 3.90. The van der Waals surface area contributed by atoms with Crippen molar-refractivity contribution in [3.05, 3.63) is 42.0 Å². The Bertz CT molecular complexity index is 873. The fraction of sp³-hybridized carbons (Fsp3) is 0.450. The molecule has 0 radical (unpaired) electrons. The largest absolute Gasteiger partial charge is 0.462 e. The van der Waals surface area contributed by atoms with Crippen LogP contribution in [0.25, 0.3) is 0 Å². The zero-order chi connectivity index (χ0) is 19.5. The fourth-order valence-electron chi connectivity index (χ4n) is 4.54. The smallest absolute Gasteiger partial charge is 0.338 e. The maximum atomic E-state index is 13.3. The molecule has 0 aliphatic carbocycles. The van der Waals surface area contributed by atoms with Crippen molar-refractivity contribution in [3.63, 3.8) is 0 Å². The number of anilines is 1. The Morgan fingerprint density at radius 2 is 1.89 bits per heavy atom. The van der Waals surface area contributed by atoms with Crippen molar-refractivity contribution in [1.82, 2.24) is 0 Å². The van der Waals surface area contributed by atoms with Crippen LogP contribution in [0.4, 0.5) is 5.69 Å². The number of hydrogen-bond acceptors (Lipinski definition) is 7. The minimum Gasteiger partial charge on any atom is -0.462 e. The van der Waals surface area contributed by atoms with Gasteiger partial charge in [-0.05, 0) is 37.3 Å². The van der Waals surface area contributed by atoms with Crippen LogP contribution < -0.4 is 4.90 Å². The van der Waals surface area contributed by atoms with Gasteiger partial charge in [-0.1, -0.05) is 6.08 Å². The molecule has 4 aliphatic rings. The van der Waals surface area contributed by atoms with E-state index in [0.29, 0.717) is 24.5 Å². The summed E-state index contributed by atoms with van der Waals surface area (Å²) in [4.78, 5) is 39.3. The third-order valence-corrected chi connectivity index (χ3v) is 5.70. The molecule has 4 heterocycles. The van der Waals surface area contributed by atoms with Gasteiger partial charge in [0.2, 0.25) is 11.8 Å². The van der Waals surface area contributed by atoms with Crippen molar-refractivity contribution in [2.75, 3.05) is 24.7 Å². The highest BCUT2D eigenvalue weighted by Gasteiger charge is 2.71. The molecule has 8 nitrogen and oxygen atoms in total. The topological polar surface area (TPSA) is 91.4 Å². The van der Waals surface area contributed by atoms with E-state index in [-0.39, 0.29) is 18.4 Å². The average molecular weight is 385 g/mol. The zero-order valence-electron chi connectivity index (χ0n) is 15.2. The van der Waals surface area contributed by atoms with Gasteiger partial charge in [0.15, 0.2) is 11.9 Å². The molecule has 3 fully saturated rings. The van der Waals surface area contributed by atoms with Crippen LogP contribution in [0.2, 0.25) is 0 Å². The molecule has 0 unspecified atom stereocenters. The lowest BCUT2D eigenvalue weighted by Crippen LogP contribution is -2.49. The number of carbonyl (C=O) groups is 3. The first kappa shape index (κ1) is 17.5. The van der Waals surface area contributed by atoms with Gasteiger partial charge >= 0.3 is 5.97 Å². The van der Waals surface area contributed by atoms with Crippen LogP contribution >= 0.6 is 0 Å². The number of benzene rings is 1. The van der Waals surface area contributed by atoms with E-state index in [9.17, 15) is 14.4 Å². The van der Waals surface area contributed by atoms with Crippen LogP contribution in [-0.4, -0.2) is 55.6 Å². The van der Waals surface area contributed by atoms with Crippen molar-refractivity contribution >= 4 is 23.5 Å². The highest BCUT2D eigenvalue weighted by molar-refractivity contribution is 6.23. The Morgan fingerprint density at radius 1 is 1.18 bits per heavy atom. The Hall–Kier alpha value is -2.55. The first-order chi connectivity index (χ1) is 13.6. The van der Waals surface area contributed by atoms with E-state index in [2.05, 4.69) is 0 Å². The molecular weight excluding hydrogens is 366 g/mol.